The number of amides is 2. The minimum atomic E-state index is -0.604. The second-order valence-corrected chi connectivity index (χ2v) is 8.63. The molecule has 2 heterocycles. The van der Waals surface area contributed by atoms with E-state index in [1.54, 1.807) is 6.07 Å². The maximum absolute atomic E-state index is 12.6. The van der Waals surface area contributed by atoms with Crippen LogP contribution in [0.4, 0.5) is 16.2 Å². The molecule has 0 unspecified atom stereocenters. The molecule has 1 aromatic heterocycles. The van der Waals surface area contributed by atoms with Gasteiger partial charge in [0.25, 0.3) is 0 Å². The smallest absolute Gasteiger partial charge is 0.360 e. The number of urea groups is 1. The van der Waals surface area contributed by atoms with Crippen LogP contribution in [0.1, 0.15) is 32.4 Å². The van der Waals surface area contributed by atoms with E-state index in [0.29, 0.717) is 11.3 Å². The summed E-state index contributed by atoms with van der Waals surface area (Å²) >= 11 is 0. The number of piperidine rings is 1. The molecule has 32 heavy (non-hydrogen) atoms. The van der Waals surface area contributed by atoms with Crippen LogP contribution in [0.2, 0.25) is 0 Å². The highest BCUT2D eigenvalue weighted by Crippen LogP contribution is 2.30. The Morgan fingerprint density at radius 3 is 2.44 bits per heavy atom. The summed E-state index contributed by atoms with van der Waals surface area (Å²) in [7, 11) is 2.11. The van der Waals surface area contributed by atoms with Crippen molar-refractivity contribution in [1.29, 1.82) is 0 Å². The number of carbonyl (C=O) groups is 1. The molecule has 7 nitrogen and oxygen atoms in total. The lowest BCUT2D eigenvalue weighted by Crippen LogP contribution is -2.35. The Morgan fingerprint density at radius 1 is 1.06 bits per heavy atom. The number of anilines is 2. The Morgan fingerprint density at radius 2 is 1.75 bits per heavy atom. The minimum absolute atomic E-state index is 0. The molecule has 4 rings (SSSR count). The van der Waals surface area contributed by atoms with E-state index < -0.39 is 11.7 Å². The second kappa shape index (κ2) is 9.04. The maximum atomic E-state index is 12.6. The molecule has 2 N–H and O–H groups in total. The van der Waals surface area contributed by atoms with Gasteiger partial charge in [0.15, 0.2) is 0 Å². The molecule has 0 saturated carbocycles. The van der Waals surface area contributed by atoms with Crippen LogP contribution >= 0.6 is 0 Å². The topological polar surface area (TPSA) is 83.8 Å². The van der Waals surface area contributed by atoms with Gasteiger partial charge < -0.3 is 24.7 Å². The summed E-state index contributed by atoms with van der Waals surface area (Å²) in [4.78, 5) is 27.3. The first-order chi connectivity index (χ1) is 15.3. The normalized spacial score (nSPS) is 15.0. The number of hydrogen-bond donors (Lipinski definition) is 2. The first-order valence-electron chi connectivity index (χ1n) is 10.9. The third-order valence-corrected chi connectivity index (χ3v) is 5.79. The van der Waals surface area contributed by atoms with Crippen molar-refractivity contribution in [3.05, 3.63) is 63.5 Å². The zero-order valence-electron chi connectivity index (χ0n) is 19.0. The number of nitrogens with zero attached hydrogens (tertiary/aromatic N) is 1. The van der Waals surface area contributed by atoms with Crippen molar-refractivity contribution in [2.24, 2.45) is 0 Å². The van der Waals surface area contributed by atoms with Crippen LogP contribution in [0.15, 0.2) is 45.6 Å². The van der Waals surface area contributed by atoms with Crippen LogP contribution in [0, 0.1) is 20.8 Å². The van der Waals surface area contributed by atoms with Gasteiger partial charge in [-0.25, -0.2) is 9.59 Å². The van der Waals surface area contributed by atoms with Gasteiger partial charge in [-0.05, 0) is 82.1 Å². The zero-order chi connectivity index (χ0) is 22.8. The molecule has 0 spiro atoms. The number of fused-ring (bicyclic) bond motifs is 1. The van der Waals surface area contributed by atoms with Crippen LogP contribution in [0.25, 0.3) is 11.0 Å². The fourth-order valence-corrected chi connectivity index (χ4v) is 4.13. The molecule has 0 atom stereocenters. The van der Waals surface area contributed by atoms with Gasteiger partial charge in [-0.15, -0.1) is 0 Å². The molecule has 0 aliphatic carbocycles. The summed E-state index contributed by atoms with van der Waals surface area (Å²) in [5.41, 5.74) is 3.48. The number of carbonyl (C=O) groups excluding carboxylic acids is 1. The quantitative estimate of drug-likeness (QED) is 0.537. The summed E-state index contributed by atoms with van der Waals surface area (Å²) in [6, 6.07) is 10.6. The van der Waals surface area contributed by atoms with Gasteiger partial charge in [-0.1, -0.05) is 6.07 Å². The van der Waals surface area contributed by atoms with Gasteiger partial charge in [0.05, 0.1) is 0 Å². The van der Waals surface area contributed by atoms with Crippen molar-refractivity contribution in [3.8, 4) is 5.75 Å². The Hall–Kier alpha value is -3.32. The third kappa shape index (κ3) is 4.94. The predicted molar refractivity (Wildman–Crippen MR) is 131 cm³/mol. The van der Waals surface area contributed by atoms with E-state index in [1.807, 2.05) is 51.1 Å². The number of benzene rings is 2. The van der Waals surface area contributed by atoms with Gasteiger partial charge >= 0.3 is 11.7 Å². The highest BCUT2D eigenvalue weighted by molar-refractivity contribution is 6.00. The molecule has 0 bridgehead atoms. The van der Waals surface area contributed by atoms with E-state index in [1.165, 1.54) is 0 Å². The zero-order valence-corrected chi connectivity index (χ0v) is 19.0. The Labute approximate surface area is 190 Å². The van der Waals surface area contributed by atoms with Gasteiger partial charge in [0.2, 0.25) is 0 Å². The Balaban J connectivity index is 0.00000204. The molecule has 1 saturated heterocycles. The van der Waals surface area contributed by atoms with E-state index in [9.17, 15) is 9.59 Å². The van der Waals surface area contributed by atoms with Crippen LogP contribution in [-0.2, 0) is 0 Å². The molecule has 172 valence electrons. The molecular weight excluding hydrogens is 406 g/mol. The predicted octanol–water partition coefficient (Wildman–Crippen LogP) is 5.33. The number of likely N-dealkylation sites (tertiary alicyclic amines) is 1. The monoisotopic (exact) mass is 439 g/mol. The van der Waals surface area contributed by atoms with Crippen molar-refractivity contribution in [2.75, 3.05) is 30.8 Å². The van der Waals surface area contributed by atoms with Crippen molar-refractivity contribution >= 4 is 28.4 Å². The second-order valence-electron chi connectivity index (χ2n) is 8.63. The van der Waals surface area contributed by atoms with E-state index in [0.717, 1.165) is 53.8 Å². The lowest BCUT2D eigenvalue weighted by Gasteiger charge is -2.29. The van der Waals surface area contributed by atoms with Crippen LogP contribution < -0.4 is 21.0 Å². The average Bonchev–Trinajstić information content (AvgIpc) is 2.72. The number of aryl methyl sites for hydroxylation is 3. The van der Waals surface area contributed by atoms with Crippen molar-refractivity contribution in [1.82, 2.24) is 4.90 Å². The molecule has 2 amide bonds. The minimum Gasteiger partial charge on any atom is -0.490 e. The SMILES string of the molecule is Cc1cc(C)cc(NC(=O)Nc2cc3ccc(OC4CCN(C)CC4)c(C)c3oc2=O)c1.[HH].[HH]. The van der Waals surface area contributed by atoms with Crippen molar-refractivity contribution in [2.45, 2.75) is 39.7 Å². The van der Waals surface area contributed by atoms with Crippen LogP contribution in [-0.4, -0.2) is 37.2 Å². The molecule has 3 aromatic rings. The highest BCUT2D eigenvalue weighted by atomic mass is 16.5. The fourth-order valence-electron chi connectivity index (χ4n) is 4.13. The first-order valence-corrected chi connectivity index (χ1v) is 10.9. The number of ether oxygens (including phenoxy) is 1. The first kappa shape index (κ1) is 21.9. The maximum Gasteiger partial charge on any atom is 0.360 e. The lowest BCUT2D eigenvalue weighted by atomic mass is 10.1. The van der Waals surface area contributed by atoms with Gasteiger partial charge in [0, 0.05) is 32.6 Å². The number of nitrogens with one attached hydrogen (secondary N) is 2. The standard InChI is InChI=1S/C25H29N3O4.2H2/c1-15-11-16(2)13-19(12-15)26-25(30)27-21-14-18-5-6-22(17(3)23(18)32-24(21)29)31-20-7-9-28(4)10-8-20;;/h5-6,11-14,20H,7-10H2,1-4H3,(H2,26,27,30);2*1H. The molecule has 2 aromatic carbocycles. The van der Waals surface area contributed by atoms with Gasteiger partial charge in [-0.3, -0.25) is 0 Å². The van der Waals surface area contributed by atoms with Gasteiger partial charge in [-0.2, -0.15) is 0 Å². The molecule has 0 radical (unpaired) electrons. The van der Waals surface area contributed by atoms with E-state index in [2.05, 4.69) is 22.6 Å². The van der Waals surface area contributed by atoms with Crippen LogP contribution in [0.3, 0.4) is 0 Å². The van der Waals surface area contributed by atoms with Crippen LogP contribution in [0.5, 0.6) is 5.75 Å². The molecule has 7 heteroatoms. The largest absolute Gasteiger partial charge is 0.490 e. The van der Waals surface area contributed by atoms with E-state index in [-0.39, 0.29) is 14.6 Å². The fraction of sp³-hybridized carbons (Fsp3) is 0.360. The highest BCUT2D eigenvalue weighted by Gasteiger charge is 2.20. The summed E-state index contributed by atoms with van der Waals surface area (Å²) in [6.07, 6.45) is 2.09. The summed E-state index contributed by atoms with van der Waals surface area (Å²) in [5, 5.41) is 6.09. The number of rotatable bonds is 4. The Kier molecular flexibility index (Phi) is 6.19. The summed E-state index contributed by atoms with van der Waals surface area (Å²) in [5.74, 6) is 0.725. The van der Waals surface area contributed by atoms with Crippen molar-refractivity contribution in [3.63, 3.8) is 0 Å². The molecule has 1 aliphatic rings. The lowest BCUT2D eigenvalue weighted by molar-refractivity contribution is 0.113. The Bertz CT molecular complexity index is 1200. The van der Waals surface area contributed by atoms with Crippen molar-refractivity contribution < 1.29 is 16.8 Å². The molecule has 1 fully saturated rings. The average molecular weight is 440 g/mol. The third-order valence-electron chi connectivity index (χ3n) is 5.79. The van der Waals surface area contributed by atoms with E-state index >= 15 is 0 Å². The molecule has 1 aliphatic heterocycles. The summed E-state index contributed by atoms with van der Waals surface area (Å²) in [6.45, 7) is 7.81. The number of hydrogen-bond acceptors (Lipinski definition) is 5. The molecular formula is C25H33N3O4. The van der Waals surface area contributed by atoms with E-state index in [4.69, 9.17) is 9.15 Å². The summed E-state index contributed by atoms with van der Waals surface area (Å²) < 4.78 is 11.8. The van der Waals surface area contributed by atoms with Gasteiger partial charge in [0.1, 0.15) is 23.1 Å².